The molecule has 2 aliphatic heterocycles. The van der Waals surface area contributed by atoms with Gasteiger partial charge in [-0.2, -0.15) is 0 Å². The molecule has 0 saturated carbocycles. The predicted molar refractivity (Wildman–Crippen MR) is 89.7 cm³/mol. The molecule has 0 bridgehead atoms. The fraction of sp³-hybridized carbons (Fsp3) is 0.579. The maximum atomic E-state index is 13.1. The molecule has 0 unspecified atom stereocenters. The summed E-state index contributed by atoms with van der Waals surface area (Å²) in [4.78, 5) is 29.1. The molecule has 1 aromatic carbocycles. The van der Waals surface area contributed by atoms with Crippen molar-refractivity contribution in [2.75, 3.05) is 20.1 Å². The van der Waals surface area contributed by atoms with Crippen LogP contribution in [0.15, 0.2) is 30.3 Å². The van der Waals surface area contributed by atoms with Crippen LogP contribution in [0, 0.1) is 11.8 Å². The van der Waals surface area contributed by atoms with E-state index in [0.29, 0.717) is 18.8 Å². The molecule has 0 spiro atoms. The molecular weight excluding hydrogens is 288 g/mol. The second-order valence-corrected chi connectivity index (χ2v) is 7.04. The first kappa shape index (κ1) is 16.0. The van der Waals surface area contributed by atoms with Gasteiger partial charge in [-0.25, -0.2) is 0 Å². The highest BCUT2D eigenvalue weighted by molar-refractivity contribution is 5.85. The number of nitrogens with zero attached hydrogens (tertiary/aromatic N) is 2. The quantitative estimate of drug-likeness (QED) is 0.842. The highest BCUT2D eigenvalue weighted by atomic mass is 16.2. The summed E-state index contributed by atoms with van der Waals surface area (Å²) in [6.45, 7) is 3.93. The van der Waals surface area contributed by atoms with Gasteiger partial charge in [0.2, 0.25) is 11.8 Å². The highest BCUT2D eigenvalue weighted by Gasteiger charge is 2.40. The van der Waals surface area contributed by atoms with E-state index < -0.39 is 0 Å². The summed E-state index contributed by atoms with van der Waals surface area (Å²) in [5, 5.41) is 0. The molecular formula is C19H26N2O2. The third-order valence-corrected chi connectivity index (χ3v) is 5.29. The van der Waals surface area contributed by atoms with E-state index in [1.807, 2.05) is 42.3 Å². The zero-order valence-electron chi connectivity index (χ0n) is 14.1. The molecule has 4 nitrogen and oxygen atoms in total. The van der Waals surface area contributed by atoms with Crippen molar-refractivity contribution >= 4 is 11.8 Å². The molecule has 3 atom stereocenters. The number of carbonyl (C=O) groups excluding carboxylic acids is 2. The van der Waals surface area contributed by atoms with Crippen molar-refractivity contribution < 1.29 is 9.59 Å². The van der Waals surface area contributed by atoms with Crippen LogP contribution < -0.4 is 0 Å². The molecule has 0 aliphatic carbocycles. The molecule has 1 aromatic rings. The predicted octanol–water partition coefficient (Wildman–Crippen LogP) is 2.85. The topological polar surface area (TPSA) is 40.6 Å². The lowest BCUT2D eigenvalue weighted by molar-refractivity contribution is -0.147. The number of piperidine rings is 2. The standard InChI is InChI=1S/C19H26N2O2/c1-14-7-6-12-21(13-14)19(23)16-10-11-17(22)20(2)18(16)15-8-4-3-5-9-15/h3-5,8-9,14,16,18H,6-7,10-13H2,1-2H3/t14-,16-,18+/m1/s1. The van der Waals surface area contributed by atoms with Crippen LogP contribution in [0.4, 0.5) is 0 Å². The maximum Gasteiger partial charge on any atom is 0.228 e. The highest BCUT2D eigenvalue weighted by Crippen LogP contribution is 2.37. The second kappa shape index (κ2) is 6.73. The van der Waals surface area contributed by atoms with Crippen molar-refractivity contribution in [3.8, 4) is 0 Å². The van der Waals surface area contributed by atoms with E-state index in [9.17, 15) is 9.59 Å². The number of hydrogen-bond acceptors (Lipinski definition) is 2. The van der Waals surface area contributed by atoms with Crippen LogP contribution in [-0.4, -0.2) is 41.8 Å². The Kier molecular flexibility index (Phi) is 4.69. The van der Waals surface area contributed by atoms with Crippen LogP contribution in [-0.2, 0) is 9.59 Å². The lowest BCUT2D eigenvalue weighted by Gasteiger charge is -2.42. The van der Waals surface area contributed by atoms with E-state index in [1.165, 1.54) is 6.42 Å². The van der Waals surface area contributed by atoms with Gasteiger partial charge in [0.25, 0.3) is 0 Å². The Labute approximate surface area is 138 Å². The van der Waals surface area contributed by atoms with Gasteiger partial charge < -0.3 is 9.80 Å². The van der Waals surface area contributed by atoms with Crippen LogP contribution >= 0.6 is 0 Å². The first-order valence-corrected chi connectivity index (χ1v) is 8.67. The van der Waals surface area contributed by atoms with Gasteiger partial charge in [-0.05, 0) is 30.7 Å². The van der Waals surface area contributed by atoms with Crippen molar-refractivity contribution in [1.82, 2.24) is 9.80 Å². The lowest BCUT2D eigenvalue weighted by atomic mass is 9.83. The SMILES string of the molecule is C[C@@H]1CCCN(C(=O)[C@@H]2CCC(=O)N(C)[C@H]2c2ccccc2)C1. The van der Waals surface area contributed by atoms with Crippen LogP contribution in [0.3, 0.4) is 0 Å². The monoisotopic (exact) mass is 314 g/mol. The molecule has 2 aliphatic rings. The molecule has 2 saturated heterocycles. The molecule has 4 heteroatoms. The van der Waals surface area contributed by atoms with E-state index in [1.54, 1.807) is 4.90 Å². The van der Waals surface area contributed by atoms with Crippen LogP contribution in [0.5, 0.6) is 0 Å². The van der Waals surface area contributed by atoms with Crippen molar-refractivity contribution in [2.24, 2.45) is 11.8 Å². The number of benzene rings is 1. The van der Waals surface area contributed by atoms with E-state index >= 15 is 0 Å². The van der Waals surface area contributed by atoms with E-state index in [0.717, 1.165) is 25.1 Å². The normalized spacial score (nSPS) is 28.8. The maximum absolute atomic E-state index is 13.1. The van der Waals surface area contributed by atoms with Gasteiger partial charge >= 0.3 is 0 Å². The van der Waals surface area contributed by atoms with Crippen molar-refractivity contribution in [2.45, 2.75) is 38.6 Å². The minimum atomic E-state index is -0.137. The minimum Gasteiger partial charge on any atom is -0.342 e. The third kappa shape index (κ3) is 3.26. The van der Waals surface area contributed by atoms with Gasteiger partial charge in [0.1, 0.15) is 0 Å². The largest absolute Gasteiger partial charge is 0.342 e. The molecule has 0 aromatic heterocycles. The molecule has 3 rings (SSSR count). The number of hydrogen-bond donors (Lipinski definition) is 0. The summed E-state index contributed by atoms with van der Waals surface area (Å²) < 4.78 is 0. The molecule has 2 fully saturated rings. The summed E-state index contributed by atoms with van der Waals surface area (Å²) >= 11 is 0. The summed E-state index contributed by atoms with van der Waals surface area (Å²) in [5.74, 6) is 0.816. The van der Waals surface area contributed by atoms with Crippen molar-refractivity contribution in [3.05, 3.63) is 35.9 Å². The van der Waals surface area contributed by atoms with Gasteiger partial charge in [-0.1, -0.05) is 37.3 Å². The third-order valence-electron chi connectivity index (χ3n) is 5.29. The van der Waals surface area contributed by atoms with Crippen molar-refractivity contribution in [3.63, 3.8) is 0 Å². The summed E-state index contributed by atoms with van der Waals surface area (Å²) in [5.41, 5.74) is 1.06. The Morgan fingerprint density at radius 2 is 1.91 bits per heavy atom. The van der Waals surface area contributed by atoms with E-state index in [-0.39, 0.29) is 23.8 Å². The fourth-order valence-corrected chi connectivity index (χ4v) is 4.03. The number of carbonyl (C=O) groups is 2. The Balaban J connectivity index is 1.86. The molecule has 2 heterocycles. The summed E-state index contributed by atoms with van der Waals surface area (Å²) in [7, 11) is 1.83. The Bertz CT molecular complexity index is 572. The van der Waals surface area contributed by atoms with Crippen molar-refractivity contribution in [1.29, 1.82) is 0 Å². The van der Waals surface area contributed by atoms with Gasteiger partial charge in [-0.3, -0.25) is 9.59 Å². The molecule has 124 valence electrons. The van der Waals surface area contributed by atoms with E-state index in [4.69, 9.17) is 0 Å². The lowest BCUT2D eigenvalue weighted by Crippen LogP contribution is -2.49. The summed E-state index contributed by atoms with van der Waals surface area (Å²) in [6.07, 6.45) is 3.42. The zero-order valence-corrected chi connectivity index (χ0v) is 14.1. The Morgan fingerprint density at radius 3 is 2.61 bits per heavy atom. The summed E-state index contributed by atoms with van der Waals surface area (Å²) in [6, 6.07) is 9.84. The smallest absolute Gasteiger partial charge is 0.228 e. The number of rotatable bonds is 2. The van der Waals surface area contributed by atoms with Crippen LogP contribution in [0.2, 0.25) is 0 Å². The van der Waals surface area contributed by atoms with Crippen LogP contribution in [0.25, 0.3) is 0 Å². The Hall–Kier alpha value is -1.84. The average molecular weight is 314 g/mol. The molecule has 0 N–H and O–H groups in total. The Morgan fingerprint density at radius 1 is 1.17 bits per heavy atom. The minimum absolute atomic E-state index is 0.120. The average Bonchev–Trinajstić information content (AvgIpc) is 2.57. The number of amides is 2. The first-order chi connectivity index (χ1) is 11.1. The van der Waals surface area contributed by atoms with Gasteiger partial charge in [-0.15, -0.1) is 0 Å². The molecule has 2 amide bonds. The molecule has 0 radical (unpaired) electrons. The molecule has 23 heavy (non-hydrogen) atoms. The number of likely N-dealkylation sites (tertiary alicyclic amines) is 2. The van der Waals surface area contributed by atoms with Crippen LogP contribution in [0.1, 0.15) is 44.2 Å². The fourth-order valence-electron chi connectivity index (χ4n) is 4.03. The second-order valence-electron chi connectivity index (χ2n) is 7.04. The van der Waals surface area contributed by atoms with E-state index in [2.05, 4.69) is 6.92 Å². The van der Waals surface area contributed by atoms with Gasteiger partial charge in [0.05, 0.1) is 12.0 Å². The van der Waals surface area contributed by atoms with Gasteiger partial charge in [0, 0.05) is 26.6 Å². The van der Waals surface area contributed by atoms with Gasteiger partial charge in [0.15, 0.2) is 0 Å². The first-order valence-electron chi connectivity index (χ1n) is 8.67. The zero-order chi connectivity index (χ0) is 16.4.